The largest absolute Gasteiger partial charge is 0.340 e. The third-order valence-corrected chi connectivity index (χ3v) is 5.37. The maximum absolute atomic E-state index is 12.4. The summed E-state index contributed by atoms with van der Waals surface area (Å²) < 4.78 is 24.7. The van der Waals surface area contributed by atoms with Crippen molar-refractivity contribution in [2.24, 2.45) is 5.92 Å². The van der Waals surface area contributed by atoms with Gasteiger partial charge in [0.25, 0.3) is 5.91 Å². The number of nitrogens with zero attached hydrogens (tertiary/aromatic N) is 2. The number of benzene rings is 1. The SMILES string of the molecule is CC(C)S(=O)(=O)c1ccccc1C(=O)N(C)C[C@H](C)C#N. The first kappa shape index (κ1) is 17.2. The highest BCUT2D eigenvalue weighted by atomic mass is 32.2. The van der Waals surface area contributed by atoms with Gasteiger partial charge in [-0.2, -0.15) is 5.26 Å². The van der Waals surface area contributed by atoms with Gasteiger partial charge in [0.05, 0.1) is 27.7 Å². The summed E-state index contributed by atoms with van der Waals surface area (Å²) in [6.45, 7) is 5.13. The molecule has 5 nitrogen and oxygen atoms in total. The molecule has 0 aliphatic heterocycles. The van der Waals surface area contributed by atoms with Crippen molar-refractivity contribution in [3.63, 3.8) is 0 Å². The molecule has 21 heavy (non-hydrogen) atoms. The smallest absolute Gasteiger partial charge is 0.254 e. The van der Waals surface area contributed by atoms with E-state index >= 15 is 0 Å². The molecule has 0 heterocycles. The first-order valence-corrected chi connectivity index (χ1v) is 8.24. The molecule has 0 fully saturated rings. The zero-order valence-electron chi connectivity index (χ0n) is 12.7. The molecule has 0 aromatic heterocycles. The number of hydrogen-bond acceptors (Lipinski definition) is 4. The fourth-order valence-corrected chi connectivity index (χ4v) is 3.12. The second-order valence-electron chi connectivity index (χ2n) is 5.31. The second-order valence-corrected chi connectivity index (χ2v) is 7.78. The fraction of sp³-hybridized carbons (Fsp3) is 0.467. The Kier molecular flexibility index (Phi) is 5.50. The predicted octanol–water partition coefficient (Wildman–Crippen LogP) is 2.10. The highest BCUT2D eigenvalue weighted by molar-refractivity contribution is 7.92. The highest BCUT2D eigenvalue weighted by Crippen LogP contribution is 2.21. The number of hydrogen-bond donors (Lipinski definition) is 0. The average Bonchev–Trinajstić information content (AvgIpc) is 2.45. The zero-order valence-corrected chi connectivity index (χ0v) is 13.5. The van der Waals surface area contributed by atoms with E-state index < -0.39 is 21.0 Å². The van der Waals surface area contributed by atoms with Gasteiger partial charge in [-0.1, -0.05) is 12.1 Å². The van der Waals surface area contributed by atoms with E-state index in [9.17, 15) is 13.2 Å². The van der Waals surface area contributed by atoms with E-state index in [4.69, 9.17) is 5.26 Å². The van der Waals surface area contributed by atoms with Crippen molar-refractivity contribution in [2.45, 2.75) is 30.9 Å². The van der Waals surface area contributed by atoms with E-state index in [1.807, 2.05) is 0 Å². The van der Waals surface area contributed by atoms with Gasteiger partial charge in [0.2, 0.25) is 0 Å². The summed E-state index contributed by atoms with van der Waals surface area (Å²) in [5, 5.41) is 8.21. The molecule has 0 N–H and O–H groups in total. The Hall–Kier alpha value is -1.87. The first-order chi connectivity index (χ1) is 9.71. The molecular formula is C15H20N2O3S. The van der Waals surface area contributed by atoms with Crippen molar-refractivity contribution >= 4 is 15.7 Å². The lowest BCUT2D eigenvalue weighted by Crippen LogP contribution is -2.32. The van der Waals surface area contributed by atoms with Gasteiger partial charge in [0, 0.05) is 13.6 Å². The minimum Gasteiger partial charge on any atom is -0.340 e. The molecule has 1 aromatic rings. The summed E-state index contributed by atoms with van der Waals surface area (Å²) in [6.07, 6.45) is 0. The molecule has 1 aromatic carbocycles. The maximum Gasteiger partial charge on any atom is 0.254 e. The van der Waals surface area contributed by atoms with Gasteiger partial charge < -0.3 is 4.90 Å². The summed E-state index contributed by atoms with van der Waals surface area (Å²) in [4.78, 5) is 13.9. The molecule has 114 valence electrons. The third-order valence-electron chi connectivity index (χ3n) is 3.16. The van der Waals surface area contributed by atoms with Crippen LogP contribution in [-0.2, 0) is 9.84 Å². The number of amides is 1. The highest BCUT2D eigenvalue weighted by Gasteiger charge is 2.26. The molecule has 0 saturated heterocycles. The number of rotatable bonds is 5. The monoisotopic (exact) mass is 308 g/mol. The van der Waals surface area contributed by atoms with Crippen LogP contribution in [-0.4, -0.2) is 38.1 Å². The molecule has 1 amide bonds. The Morgan fingerprint density at radius 2 is 1.86 bits per heavy atom. The van der Waals surface area contributed by atoms with Crippen molar-refractivity contribution in [1.29, 1.82) is 5.26 Å². The van der Waals surface area contributed by atoms with Gasteiger partial charge in [-0.15, -0.1) is 0 Å². The van der Waals surface area contributed by atoms with Gasteiger partial charge in [0.15, 0.2) is 9.84 Å². The van der Waals surface area contributed by atoms with E-state index in [0.717, 1.165) is 0 Å². The lowest BCUT2D eigenvalue weighted by molar-refractivity contribution is 0.0781. The zero-order chi connectivity index (χ0) is 16.2. The van der Waals surface area contributed by atoms with Crippen LogP contribution in [0.15, 0.2) is 29.2 Å². The van der Waals surface area contributed by atoms with E-state index in [0.29, 0.717) is 0 Å². The summed E-state index contributed by atoms with van der Waals surface area (Å²) >= 11 is 0. The van der Waals surface area contributed by atoms with Gasteiger partial charge in [-0.25, -0.2) is 8.42 Å². The third kappa shape index (κ3) is 3.82. The normalized spacial score (nSPS) is 12.8. The predicted molar refractivity (Wildman–Crippen MR) is 80.5 cm³/mol. The summed E-state index contributed by atoms with van der Waals surface area (Å²) in [6, 6.07) is 8.24. The van der Waals surface area contributed by atoms with Crippen LogP contribution in [0.3, 0.4) is 0 Å². The quantitative estimate of drug-likeness (QED) is 0.834. The lowest BCUT2D eigenvalue weighted by atomic mass is 10.1. The van der Waals surface area contributed by atoms with E-state index in [1.54, 1.807) is 40.0 Å². The number of carbonyl (C=O) groups excluding carboxylic acids is 1. The molecule has 0 aliphatic rings. The molecule has 0 aliphatic carbocycles. The van der Waals surface area contributed by atoms with Crippen LogP contribution in [0.5, 0.6) is 0 Å². The summed E-state index contributed by atoms with van der Waals surface area (Å²) in [7, 11) is -1.97. The van der Waals surface area contributed by atoms with Crippen LogP contribution in [0.25, 0.3) is 0 Å². The number of sulfone groups is 1. The minimum absolute atomic E-state index is 0.0430. The number of nitriles is 1. The number of carbonyl (C=O) groups is 1. The molecule has 6 heteroatoms. The fourth-order valence-electron chi connectivity index (χ4n) is 1.89. The molecule has 0 radical (unpaired) electrons. The van der Waals surface area contributed by atoms with Crippen molar-refractivity contribution in [3.8, 4) is 6.07 Å². The Morgan fingerprint density at radius 3 is 2.38 bits per heavy atom. The van der Waals surface area contributed by atoms with Crippen molar-refractivity contribution in [3.05, 3.63) is 29.8 Å². The molecule has 0 spiro atoms. The van der Waals surface area contributed by atoms with Crippen LogP contribution in [0.4, 0.5) is 0 Å². The maximum atomic E-state index is 12.4. The average molecular weight is 308 g/mol. The molecule has 1 atom stereocenters. The molecule has 0 saturated carbocycles. The Labute approximate surface area is 126 Å². The van der Waals surface area contributed by atoms with E-state index in [2.05, 4.69) is 6.07 Å². The Balaban J connectivity index is 3.22. The Morgan fingerprint density at radius 1 is 1.29 bits per heavy atom. The standard InChI is InChI=1S/C15H20N2O3S/c1-11(2)21(19,20)14-8-6-5-7-13(14)15(18)17(4)10-12(3)9-16/h5-8,11-12H,10H2,1-4H3/t12-/m1/s1. The second kappa shape index (κ2) is 6.72. The topological polar surface area (TPSA) is 78.2 Å². The lowest BCUT2D eigenvalue weighted by Gasteiger charge is -2.20. The minimum atomic E-state index is -3.53. The molecule has 1 rings (SSSR count). The van der Waals surface area contributed by atoms with Gasteiger partial charge in [-0.3, -0.25) is 4.79 Å². The molecular weight excluding hydrogens is 288 g/mol. The Bertz CT molecular complexity index is 660. The van der Waals surface area contributed by atoms with Crippen LogP contribution in [0, 0.1) is 17.2 Å². The van der Waals surface area contributed by atoms with Crippen molar-refractivity contribution < 1.29 is 13.2 Å². The van der Waals surface area contributed by atoms with Gasteiger partial charge in [-0.05, 0) is 32.9 Å². The van der Waals surface area contributed by atoms with Crippen LogP contribution >= 0.6 is 0 Å². The van der Waals surface area contributed by atoms with E-state index in [1.165, 1.54) is 17.0 Å². The van der Waals surface area contributed by atoms with Crippen molar-refractivity contribution in [1.82, 2.24) is 4.90 Å². The molecule has 0 bridgehead atoms. The van der Waals surface area contributed by atoms with Gasteiger partial charge >= 0.3 is 0 Å². The van der Waals surface area contributed by atoms with Crippen LogP contribution in [0.2, 0.25) is 0 Å². The summed E-state index contributed by atoms with van der Waals surface area (Å²) in [5.74, 6) is -0.704. The van der Waals surface area contributed by atoms with Crippen molar-refractivity contribution in [2.75, 3.05) is 13.6 Å². The van der Waals surface area contributed by atoms with Crippen LogP contribution in [0.1, 0.15) is 31.1 Å². The van der Waals surface area contributed by atoms with Gasteiger partial charge in [0.1, 0.15) is 0 Å². The first-order valence-electron chi connectivity index (χ1n) is 6.69. The van der Waals surface area contributed by atoms with Crippen LogP contribution < -0.4 is 0 Å². The van der Waals surface area contributed by atoms with E-state index in [-0.39, 0.29) is 22.9 Å². The molecule has 0 unspecified atom stereocenters. The summed E-state index contributed by atoms with van der Waals surface area (Å²) in [5.41, 5.74) is 0.152.